The molecule has 2 rings (SSSR count). The lowest BCUT2D eigenvalue weighted by Gasteiger charge is -2.26. The maximum Gasteiger partial charge on any atom is 0.314 e. The molecular formula is C21H25Cl2N4O4S-. The van der Waals surface area contributed by atoms with Crippen LogP contribution in [-0.2, 0) is 17.7 Å². The number of unbranched alkanes of at least 4 members (excludes halogenated alkanes) is 1. The quantitative estimate of drug-likeness (QED) is 0.325. The van der Waals surface area contributed by atoms with Gasteiger partial charge >= 0.3 is 6.03 Å². The van der Waals surface area contributed by atoms with Crippen LogP contribution in [0.25, 0.3) is 0 Å². The molecule has 32 heavy (non-hydrogen) atoms. The van der Waals surface area contributed by atoms with Crippen LogP contribution in [0.2, 0.25) is 10.0 Å². The Morgan fingerprint density at radius 3 is 2.31 bits per heavy atom. The molecule has 11 heteroatoms. The number of carbonyl (C=O) groups excluding carboxylic acids is 2. The molecule has 0 fully saturated rings. The second-order valence-electron chi connectivity index (χ2n) is 6.80. The molecule has 0 aliphatic rings. The number of nitrogens with zero attached hydrogens (tertiary/aromatic N) is 1. The van der Waals surface area contributed by atoms with E-state index in [2.05, 4.69) is 16.0 Å². The van der Waals surface area contributed by atoms with E-state index in [9.17, 15) is 18.4 Å². The number of hydrogen-bond donors (Lipinski definition) is 3. The molecule has 1 unspecified atom stereocenters. The zero-order valence-electron chi connectivity index (χ0n) is 17.5. The Balaban J connectivity index is 1.88. The van der Waals surface area contributed by atoms with Crippen molar-refractivity contribution in [1.29, 1.82) is 0 Å². The normalized spacial score (nSPS) is 11.5. The second-order valence-corrected chi connectivity index (χ2v) is 8.46. The standard InChI is InChI=1S/C21H26Cl2N4O4S/c1-24-21(29)26-13-3-2-12-25-20(28)16-7-9-17(10-8-16)27(32(30)31)14-11-15-5-4-6-18(22)19(15)23/h4-10H,2-3,11-14H2,1H3,(H,25,28)(H,30,31)(H2,24,26,29)/p-1. The first-order chi connectivity index (χ1) is 15.3. The summed E-state index contributed by atoms with van der Waals surface area (Å²) in [6.45, 7) is 1.16. The minimum atomic E-state index is -2.50. The molecule has 0 aromatic heterocycles. The fourth-order valence-electron chi connectivity index (χ4n) is 2.88. The molecule has 0 saturated carbocycles. The minimum absolute atomic E-state index is 0.172. The van der Waals surface area contributed by atoms with Crippen molar-refractivity contribution in [2.24, 2.45) is 0 Å². The molecule has 0 aliphatic heterocycles. The maximum atomic E-state index is 12.3. The third kappa shape index (κ3) is 7.98. The Morgan fingerprint density at radius 2 is 1.69 bits per heavy atom. The summed E-state index contributed by atoms with van der Waals surface area (Å²) in [6, 6.07) is 11.3. The third-order valence-electron chi connectivity index (χ3n) is 4.61. The molecule has 2 aromatic rings. The highest BCUT2D eigenvalue weighted by atomic mass is 35.5. The molecule has 0 radical (unpaired) electrons. The van der Waals surface area contributed by atoms with Gasteiger partial charge in [-0.3, -0.25) is 9.00 Å². The second kappa shape index (κ2) is 13.3. The lowest BCUT2D eigenvalue weighted by atomic mass is 10.1. The largest absolute Gasteiger partial charge is 0.755 e. The van der Waals surface area contributed by atoms with E-state index in [0.29, 0.717) is 47.2 Å². The summed E-state index contributed by atoms with van der Waals surface area (Å²) >= 11 is 9.69. The van der Waals surface area contributed by atoms with Crippen LogP contribution >= 0.6 is 23.2 Å². The minimum Gasteiger partial charge on any atom is -0.755 e. The van der Waals surface area contributed by atoms with Crippen molar-refractivity contribution >= 4 is 52.1 Å². The van der Waals surface area contributed by atoms with Gasteiger partial charge in [0.2, 0.25) is 0 Å². The van der Waals surface area contributed by atoms with Gasteiger partial charge in [0.25, 0.3) is 5.91 Å². The van der Waals surface area contributed by atoms with Gasteiger partial charge in [-0.25, -0.2) is 4.79 Å². The van der Waals surface area contributed by atoms with Gasteiger partial charge in [-0.2, -0.15) is 0 Å². The lowest BCUT2D eigenvalue weighted by molar-refractivity contribution is 0.0953. The molecule has 0 spiro atoms. The summed E-state index contributed by atoms with van der Waals surface area (Å²) in [6.07, 6.45) is 1.82. The number of benzene rings is 2. The average molecular weight is 500 g/mol. The van der Waals surface area contributed by atoms with E-state index in [0.717, 1.165) is 12.0 Å². The highest BCUT2D eigenvalue weighted by Crippen LogP contribution is 2.26. The third-order valence-corrected chi connectivity index (χ3v) is 6.23. The highest BCUT2D eigenvalue weighted by molar-refractivity contribution is 7.80. The number of rotatable bonds is 11. The fourth-order valence-corrected chi connectivity index (χ4v) is 3.83. The van der Waals surface area contributed by atoms with Gasteiger partial charge in [-0.05, 0) is 55.2 Å². The molecule has 8 nitrogen and oxygen atoms in total. The number of amides is 3. The van der Waals surface area contributed by atoms with Crippen molar-refractivity contribution in [3.05, 3.63) is 63.6 Å². The Kier molecular flexibility index (Phi) is 10.8. The average Bonchev–Trinajstić information content (AvgIpc) is 2.78. The van der Waals surface area contributed by atoms with Gasteiger partial charge in [0, 0.05) is 49.2 Å². The van der Waals surface area contributed by atoms with Crippen LogP contribution in [0.4, 0.5) is 10.5 Å². The first-order valence-corrected chi connectivity index (χ1v) is 11.8. The highest BCUT2D eigenvalue weighted by Gasteiger charge is 2.12. The van der Waals surface area contributed by atoms with Crippen molar-refractivity contribution in [1.82, 2.24) is 16.0 Å². The van der Waals surface area contributed by atoms with E-state index >= 15 is 0 Å². The van der Waals surface area contributed by atoms with Crippen LogP contribution in [0.5, 0.6) is 0 Å². The van der Waals surface area contributed by atoms with Crippen molar-refractivity contribution in [2.45, 2.75) is 19.3 Å². The van der Waals surface area contributed by atoms with Gasteiger partial charge in [0.15, 0.2) is 0 Å². The van der Waals surface area contributed by atoms with Crippen LogP contribution in [0, 0.1) is 0 Å². The molecule has 3 amide bonds. The molecule has 1 atom stereocenters. The van der Waals surface area contributed by atoms with Gasteiger partial charge < -0.3 is 24.8 Å². The van der Waals surface area contributed by atoms with Crippen LogP contribution in [0.15, 0.2) is 42.5 Å². The summed E-state index contributed by atoms with van der Waals surface area (Å²) in [4.78, 5) is 23.3. The molecule has 0 saturated heterocycles. The molecule has 3 N–H and O–H groups in total. The first kappa shape index (κ1) is 25.9. The fraction of sp³-hybridized carbons (Fsp3) is 0.333. The van der Waals surface area contributed by atoms with Crippen molar-refractivity contribution in [3.8, 4) is 0 Å². The summed E-state index contributed by atoms with van der Waals surface area (Å²) < 4.78 is 24.7. The number of urea groups is 1. The summed E-state index contributed by atoms with van der Waals surface area (Å²) in [7, 11) is 1.55. The van der Waals surface area contributed by atoms with E-state index in [1.54, 1.807) is 49.5 Å². The Hall–Kier alpha value is -2.33. The Labute approximate surface area is 200 Å². The monoisotopic (exact) mass is 499 g/mol. The number of carbonyl (C=O) groups is 2. The topological polar surface area (TPSA) is 114 Å². The van der Waals surface area contributed by atoms with Crippen LogP contribution in [0.3, 0.4) is 0 Å². The molecule has 0 bridgehead atoms. The number of hydrogen-bond acceptors (Lipinski definition) is 4. The summed E-state index contributed by atoms with van der Waals surface area (Å²) in [5, 5.41) is 8.76. The van der Waals surface area contributed by atoms with Gasteiger partial charge in [0.05, 0.1) is 10.0 Å². The zero-order valence-corrected chi connectivity index (χ0v) is 19.9. The first-order valence-electron chi connectivity index (χ1n) is 9.97. The van der Waals surface area contributed by atoms with E-state index in [1.165, 1.54) is 4.31 Å². The number of halogens is 2. The Bertz CT molecular complexity index is 944. The summed E-state index contributed by atoms with van der Waals surface area (Å²) in [5.74, 6) is -0.253. The molecule has 174 valence electrons. The molecule has 2 aromatic carbocycles. The van der Waals surface area contributed by atoms with Gasteiger partial charge in [0.1, 0.15) is 0 Å². The number of nitrogens with one attached hydrogen (secondary N) is 3. The van der Waals surface area contributed by atoms with E-state index in [1.807, 2.05) is 0 Å². The molecule has 0 aliphatic carbocycles. The van der Waals surface area contributed by atoms with Gasteiger partial charge in [-0.1, -0.05) is 35.3 Å². The smallest absolute Gasteiger partial charge is 0.314 e. The predicted molar refractivity (Wildman–Crippen MR) is 127 cm³/mol. The zero-order chi connectivity index (χ0) is 23.5. The summed E-state index contributed by atoms with van der Waals surface area (Å²) in [5.41, 5.74) is 1.61. The lowest BCUT2D eigenvalue weighted by Crippen LogP contribution is -2.33. The molecular weight excluding hydrogens is 475 g/mol. The van der Waals surface area contributed by atoms with E-state index in [-0.39, 0.29) is 18.5 Å². The van der Waals surface area contributed by atoms with Gasteiger partial charge in [-0.15, -0.1) is 0 Å². The van der Waals surface area contributed by atoms with Crippen LogP contribution in [0.1, 0.15) is 28.8 Å². The van der Waals surface area contributed by atoms with E-state index < -0.39 is 11.3 Å². The molecule has 0 heterocycles. The maximum absolute atomic E-state index is 12.3. The predicted octanol–water partition coefficient (Wildman–Crippen LogP) is 3.28. The van der Waals surface area contributed by atoms with Crippen LogP contribution in [-0.4, -0.2) is 47.4 Å². The van der Waals surface area contributed by atoms with Crippen molar-refractivity contribution < 1.29 is 18.4 Å². The SMILES string of the molecule is CNC(=O)NCCCCNC(=O)c1ccc(N(CCc2cccc(Cl)c2Cl)S(=O)[O-])cc1. The Morgan fingerprint density at radius 1 is 1.03 bits per heavy atom. The van der Waals surface area contributed by atoms with Crippen molar-refractivity contribution in [3.63, 3.8) is 0 Å². The van der Waals surface area contributed by atoms with E-state index in [4.69, 9.17) is 23.2 Å². The van der Waals surface area contributed by atoms with Crippen molar-refractivity contribution in [2.75, 3.05) is 31.0 Å². The van der Waals surface area contributed by atoms with Crippen LogP contribution < -0.4 is 20.3 Å². The number of anilines is 1.